The van der Waals surface area contributed by atoms with Crippen LogP contribution in [0.15, 0.2) is 0 Å². The first-order valence-electron chi connectivity index (χ1n) is 8.78. The minimum Gasteiger partial charge on any atom is -0.380 e. The highest BCUT2D eigenvalue weighted by atomic mass is 16.5. The first-order chi connectivity index (χ1) is 9.78. The number of hydrogen-bond acceptors (Lipinski definition) is 3. The van der Waals surface area contributed by atoms with Crippen LogP contribution in [0.25, 0.3) is 0 Å². The summed E-state index contributed by atoms with van der Waals surface area (Å²) in [5.41, 5.74) is 0. The molecular weight excluding hydrogens is 248 g/mol. The van der Waals surface area contributed by atoms with Gasteiger partial charge >= 0.3 is 0 Å². The van der Waals surface area contributed by atoms with Gasteiger partial charge in [0.25, 0.3) is 0 Å². The molecule has 0 radical (unpaired) electrons. The Labute approximate surface area is 124 Å². The van der Waals surface area contributed by atoms with Crippen molar-refractivity contribution in [2.75, 3.05) is 26.7 Å². The molecule has 2 aliphatic carbocycles. The Morgan fingerprint density at radius 1 is 1.10 bits per heavy atom. The van der Waals surface area contributed by atoms with E-state index in [9.17, 15) is 0 Å². The van der Waals surface area contributed by atoms with E-state index in [-0.39, 0.29) is 0 Å². The van der Waals surface area contributed by atoms with Crippen LogP contribution in [0.4, 0.5) is 0 Å². The number of piperazine rings is 1. The zero-order chi connectivity index (χ0) is 13.9. The molecule has 3 nitrogen and oxygen atoms in total. The molecule has 3 fully saturated rings. The zero-order valence-electron chi connectivity index (χ0n) is 13.3. The van der Waals surface area contributed by atoms with Crippen LogP contribution in [0, 0.1) is 11.8 Å². The van der Waals surface area contributed by atoms with Crippen molar-refractivity contribution in [3.63, 3.8) is 0 Å². The summed E-state index contributed by atoms with van der Waals surface area (Å²) in [5.74, 6) is 1.88. The molecule has 0 spiro atoms. The summed E-state index contributed by atoms with van der Waals surface area (Å²) in [6, 6.07) is 1.50. The number of rotatable bonds is 5. The molecule has 1 aliphatic heterocycles. The molecule has 0 aromatic carbocycles. The normalized spacial score (nSPS) is 35.1. The van der Waals surface area contributed by atoms with E-state index in [4.69, 9.17) is 4.74 Å². The molecule has 0 amide bonds. The van der Waals surface area contributed by atoms with E-state index in [2.05, 4.69) is 17.1 Å². The monoisotopic (exact) mass is 280 g/mol. The van der Waals surface area contributed by atoms with Crippen molar-refractivity contribution < 1.29 is 4.74 Å². The number of nitrogens with one attached hydrogen (secondary N) is 1. The highest BCUT2D eigenvalue weighted by Crippen LogP contribution is 2.37. The van der Waals surface area contributed by atoms with E-state index in [1.807, 2.05) is 7.11 Å². The maximum Gasteiger partial charge on any atom is 0.0670 e. The van der Waals surface area contributed by atoms with Crippen LogP contribution in [0.5, 0.6) is 0 Å². The predicted molar refractivity (Wildman–Crippen MR) is 82.9 cm³/mol. The quantitative estimate of drug-likeness (QED) is 0.838. The van der Waals surface area contributed by atoms with Gasteiger partial charge in [-0.05, 0) is 44.4 Å². The standard InChI is InChI=1S/C17H32N2O/c1-13(20-2)11-19-12-16(14-6-4-3-5-7-14)18-10-17(19)15-8-9-15/h13-18H,3-12H2,1-2H3. The fraction of sp³-hybridized carbons (Fsp3) is 1.00. The lowest BCUT2D eigenvalue weighted by Crippen LogP contribution is -2.60. The van der Waals surface area contributed by atoms with Gasteiger partial charge in [0.1, 0.15) is 0 Å². The topological polar surface area (TPSA) is 24.5 Å². The van der Waals surface area contributed by atoms with Gasteiger partial charge in [0.05, 0.1) is 6.10 Å². The number of methoxy groups -OCH3 is 1. The summed E-state index contributed by atoms with van der Waals surface area (Å²) < 4.78 is 5.52. The summed E-state index contributed by atoms with van der Waals surface area (Å²) in [4.78, 5) is 2.75. The summed E-state index contributed by atoms with van der Waals surface area (Å²) in [7, 11) is 1.84. The first-order valence-corrected chi connectivity index (χ1v) is 8.78. The molecule has 3 aliphatic rings. The third kappa shape index (κ3) is 3.55. The van der Waals surface area contributed by atoms with Gasteiger partial charge in [-0.1, -0.05) is 19.3 Å². The van der Waals surface area contributed by atoms with Crippen molar-refractivity contribution in [1.29, 1.82) is 0 Å². The Kier molecular flexibility index (Phi) is 5.00. The average Bonchev–Trinajstić information content (AvgIpc) is 3.32. The lowest BCUT2D eigenvalue weighted by molar-refractivity contribution is 0.0247. The Balaban J connectivity index is 1.59. The van der Waals surface area contributed by atoms with E-state index in [1.165, 1.54) is 58.0 Å². The van der Waals surface area contributed by atoms with Crippen LogP contribution in [0.1, 0.15) is 51.9 Å². The molecule has 3 atom stereocenters. The fourth-order valence-electron chi connectivity index (χ4n) is 4.27. The second kappa shape index (κ2) is 6.76. The van der Waals surface area contributed by atoms with Gasteiger partial charge in [-0.15, -0.1) is 0 Å². The van der Waals surface area contributed by atoms with Crippen LogP contribution in [0.3, 0.4) is 0 Å². The lowest BCUT2D eigenvalue weighted by atomic mass is 9.82. The minimum absolute atomic E-state index is 0.362. The number of hydrogen-bond donors (Lipinski definition) is 1. The van der Waals surface area contributed by atoms with Crippen LogP contribution in [-0.4, -0.2) is 49.8 Å². The highest BCUT2D eigenvalue weighted by Gasteiger charge is 2.40. The van der Waals surface area contributed by atoms with Gasteiger partial charge in [0.15, 0.2) is 0 Å². The SMILES string of the molecule is COC(C)CN1CC(C2CCCCC2)NCC1C1CC1. The fourth-order valence-corrected chi connectivity index (χ4v) is 4.27. The Morgan fingerprint density at radius 3 is 2.50 bits per heavy atom. The summed E-state index contributed by atoms with van der Waals surface area (Å²) >= 11 is 0. The molecule has 0 bridgehead atoms. The number of nitrogens with zero attached hydrogens (tertiary/aromatic N) is 1. The van der Waals surface area contributed by atoms with Crippen LogP contribution >= 0.6 is 0 Å². The molecule has 0 aromatic rings. The zero-order valence-corrected chi connectivity index (χ0v) is 13.3. The van der Waals surface area contributed by atoms with Crippen molar-refractivity contribution in [3.8, 4) is 0 Å². The van der Waals surface area contributed by atoms with Gasteiger partial charge in [0, 0.05) is 38.8 Å². The maximum atomic E-state index is 5.52. The molecular formula is C17H32N2O. The summed E-state index contributed by atoms with van der Waals surface area (Å²) in [5, 5.41) is 3.90. The Morgan fingerprint density at radius 2 is 1.85 bits per heavy atom. The van der Waals surface area contributed by atoms with Gasteiger partial charge in [0.2, 0.25) is 0 Å². The first kappa shape index (κ1) is 14.8. The van der Waals surface area contributed by atoms with E-state index >= 15 is 0 Å². The third-order valence-corrected chi connectivity index (χ3v) is 5.77. The van der Waals surface area contributed by atoms with Gasteiger partial charge in [-0.2, -0.15) is 0 Å². The molecule has 20 heavy (non-hydrogen) atoms. The minimum atomic E-state index is 0.362. The van der Waals surface area contributed by atoms with Crippen LogP contribution in [-0.2, 0) is 4.74 Å². The van der Waals surface area contributed by atoms with Crippen molar-refractivity contribution in [2.24, 2.45) is 11.8 Å². The van der Waals surface area contributed by atoms with Gasteiger partial charge in [-0.25, -0.2) is 0 Å². The summed E-state index contributed by atoms with van der Waals surface area (Å²) in [6.45, 7) is 5.78. The Bertz CT molecular complexity index is 299. The second-order valence-electron chi connectivity index (χ2n) is 7.32. The molecule has 3 heteroatoms. The van der Waals surface area contributed by atoms with E-state index in [0.717, 1.165) is 30.5 Å². The Hall–Kier alpha value is -0.120. The molecule has 0 aromatic heterocycles. The maximum absolute atomic E-state index is 5.52. The molecule has 3 rings (SSSR count). The molecule has 2 saturated carbocycles. The molecule has 116 valence electrons. The summed E-state index contributed by atoms with van der Waals surface area (Å²) in [6.07, 6.45) is 10.5. The van der Waals surface area contributed by atoms with Crippen LogP contribution < -0.4 is 5.32 Å². The van der Waals surface area contributed by atoms with Crippen molar-refractivity contribution >= 4 is 0 Å². The molecule has 1 N–H and O–H groups in total. The molecule has 1 heterocycles. The van der Waals surface area contributed by atoms with Crippen molar-refractivity contribution in [1.82, 2.24) is 10.2 Å². The van der Waals surface area contributed by atoms with Crippen LogP contribution in [0.2, 0.25) is 0 Å². The average molecular weight is 280 g/mol. The van der Waals surface area contributed by atoms with E-state index in [1.54, 1.807) is 0 Å². The van der Waals surface area contributed by atoms with Gasteiger partial charge < -0.3 is 10.1 Å². The molecule has 3 unspecified atom stereocenters. The van der Waals surface area contributed by atoms with Crippen molar-refractivity contribution in [3.05, 3.63) is 0 Å². The van der Waals surface area contributed by atoms with E-state index < -0.39 is 0 Å². The highest BCUT2D eigenvalue weighted by molar-refractivity contribution is 4.97. The molecule has 1 saturated heterocycles. The lowest BCUT2D eigenvalue weighted by Gasteiger charge is -2.45. The second-order valence-corrected chi connectivity index (χ2v) is 7.32. The number of ether oxygens (including phenoxy) is 1. The van der Waals surface area contributed by atoms with E-state index in [0.29, 0.717) is 6.10 Å². The predicted octanol–water partition coefficient (Wildman–Crippen LogP) is 2.65. The smallest absolute Gasteiger partial charge is 0.0670 e. The third-order valence-electron chi connectivity index (χ3n) is 5.77. The van der Waals surface area contributed by atoms with Gasteiger partial charge in [-0.3, -0.25) is 4.90 Å². The largest absolute Gasteiger partial charge is 0.380 e. The van der Waals surface area contributed by atoms with Crippen molar-refractivity contribution in [2.45, 2.75) is 70.1 Å².